The molecule has 1 atom stereocenters. The summed E-state index contributed by atoms with van der Waals surface area (Å²) in [5.74, 6) is 0.844. The van der Waals surface area contributed by atoms with Crippen LogP contribution in [0.15, 0.2) is 40.8 Å². The fourth-order valence-electron chi connectivity index (χ4n) is 3.90. The fourth-order valence-corrected chi connectivity index (χ4v) is 5.73. The minimum atomic E-state index is -2.88. The van der Waals surface area contributed by atoms with Gasteiger partial charge in [0, 0.05) is 12.0 Å². The van der Waals surface area contributed by atoms with E-state index in [1.165, 1.54) is 17.0 Å². The number of piperazine rings is 1. The van der Waals surface area contributed by atoms with Crippen LogP contribution in [0.5, 0.6) is 0 Å². The van der Waals surface area contributed by atoms with Crippen molar-refractivity contribution in [1.29, 1.82) is 0 Å². The summed E-state index contributed by atoms with van der Waals surface area (Å²) in [6, 6.07) is 9.44. The number of amides is 1. The highest BCUT2D eigenvalue weighted by Crippen LogP contribution is 2.23. The molecule has 144 valence electrons. The molecule has 2 aromatic rings. The van der Waals surface area contributed by atoms with E-state index in [0.717, 1.165) is 13.1 Å². The van der Waals surface area contributed by atoms with E-state index in [9.17, 15) is 17.6 Å². The average Bonchev–Trinajstić information content (AvgIpc) is 3.29. The molecule has 1 aromatic heterocycles. The first-order valence-electron chi connectivity index (χ1n) is 9.11. The third-order valence-corrected chi connectivity index (χ3v) is 7.22. The van der Waals surface area contributed by atoms with Crippen LogP contribution in [0, 0.1) is 5.82 Å². The molecule has 0 radical (unpaired) electrons. The first-order chi connectivity index (χ1) is 12.9. The van der Waals surface area contributed by atoms with Gasteiger partial charge in [-0.3, -0.25) is 4.79 Å². The van der Waals surface area contributed by atoms with E-state index in [1.54, 1.807) is 29.2 Å². The number of benzene rings is 1. The summed E-state index contributed by atoms with van der Waals surface area (Å²) >= 11 is 0. The zero-order valence-corrected chi connectivity index (χ0v) is 15.7. The summed E-state index contributed by atoms with van der Waals surface area (Å²) in [5, 5.41) is 0. The van der Waals surface area contributed by atoms with E-state index in [-0.39, 0.29) is 35.0 Å². The molecule has 4 rings (SSSR count). The monoisotopic (exact) mass is 393 g/mol. The maximum Gasteiger partial charge on any atom is 0.289 e. The third kappa shape index (κ3) is 3.91. The van der Waals surface area contributed by atoms with Gasteiger partial charge >= 0.3 is 0 Å². The molecule has 0 aliphatic carbocycles. The molecule has 27 heavy (non-hydrogen) atoms. The van der Waals surface area contributed by atoms with Gasteiger partial charge in [-0.25, -0.2) is 12.8 Å². The second-order valence-corrected chi connectivity index (χ2v) is 9.45. The molecular formula is C19H22FN2O4S+. The van der Waals surface area contributed by atoms with E-state index >= 15 is 0 Å². The number of carbonyl (C=O) groups is 1. The van der Waals surface area contributed by atoms with Gasteiger partial charge in [0.1, 0.15) is 23.4 Å². The number of sulfone groups is 1. The summed E-state index contributed by atoms with van der Waals surface area (Å²) in [4.78, 5) is 15.7. The van der Waals surface area contributed by atoms with Crippen molar-refractivity contribution < 1.29 is 26.9 Å². The zero-order chi connectivity index (χ0) is 19.0. The van der Waals surface area contributed by atoms with Gasteiger partial charge in [-0.1, -0.05) is 0 Å². The van der Waals surface area contributed by atoms with Crippen LogP contribution in [0.3, 0.4) is 0 Å². The van der Waals surface area contributed by atoms with Crippen LogP contribution < -0.4 is 4.90 Å². The maximum absolute atomic E-state index is 13.0. The molecule has 0 unspecified atom stereocenters. The van der Waals surface area contributed by atoms with Crippen molar-refractivity contribution in [2.75, 3.05) is 37.7 Å². The van der Waals surface area contributed by atoms with Crippen molar-refractivity contribution in [3.8, 4) is 11.3 Å². The quantitative estimate of drug-likeness (QED) is 0.830. The first kappa shape index (κ1) is 18.2. The van der Waals surface area contributed by atoms with E-state index in [0.29, 0.717) is 30.8 Å². The van der Waals surface area contributed by atoms with Crippen LogP contribution in [0.25, 0.3) is 11.3 Å². The number of furan rings is 1. The van der Waals surface area contributed by atoms with Crippen LogP contribution >= 0.6 is 0 Å². The highest BCUT2D eigenvalue weighted by molar-refractivity contribution is 7.91. The van der Waals surface area contributed by atoms with Crippen LogP contribution in [-0.2, 0) is 9.84 Å². The van der Waals surface area contributed by atoms with Crippen LogP contribution in [0.2, 0.25) is 0 Å². The molecule has 0 saturated carbocycles. The van der Waals surface area contributed by atoms with Crippen LogP contribution in [-0.4, -0.2) is 63.0 Å². The maximum atomic E-state index is 13.0. The van der Waals surface area contributed by atoms with E-state index in [1.807, 2.05) is 0 Å². The number of nitrogens with one attached hydrogen (secondary N) is 1. The molecule has 8 heteroatoms. The Morgan fingerprint density at radius 2 is 1.81 bits per heavy atom. The van der Waals surface area contributed by atoms with Crippen molar-refractivity contribution >= 4 is 15.7 Å². The minimum absolute atomic E-state index is 0.154. The van der Waals surface area contributed by atoms with Gasteiger partial charge in [-0.05, 0) is 36.4 Å². The van der Waals surface area contributed by atoms with E-state index in [2.05, 4.69) is 0 Å². The fraction of sp³-hybridized carbons (Fsp3) is 0.421. The Labute approximate surface area is 157 Å². The topological polar surface area (TPSA) is 72.0 Å². The number of hydrogen-bond donors (Lipinski definition) is 1. The summed E-state index contributed by atoms with van der Waals surface area (Å²) in [6.45, 7) is 2.66. The third-order valence-electron chi connectivity index (χ3n) is 5.45. The highest BCUT2D eigenvalue weighted by Gasteiger charge is 2.37. The lowest BCUT2D eigenvalue weighted by molar-refractivity contribution is -0.925. The lowest BCUT2D eigenvalue weighted by atomic mass is 10.2. The van der Waals surface area contributed by atoms with Gasteiger partial charge in [0.25, 0.3) is 5.91 Å². The zero-order valence-electron chi connectivity index (χ0n) is 14.9. The van der Waals surface area contributed by atoms with Gasteiger partial charge in [-0.2, -0.15) is 0 Å². The largest absolute Gasteiger partial charge is 0.451 e. The van der Waals surface area contributed by atoms with Crippen molar-refractivity contribution in [2.45, 2.75) is 12.5 Å². The molecule has 6 nitrogen and oxygen atoms in total. The molecule has 1 aromatic carbocycles. The predicted octanol–water partition coefficient (Wildman–Crippen LogP) is 0.613. The van der Waals surface area contributed by atoms with E-state index in [4.69, 9.17) is 4.42 Å². The molecule has 0 bridgehead atoms. The summed E-state index contributed by atoms with van der Waals surface area (Å²) < 4.78 is 42.1. The van der Waals surface area contributed by atoms with Crippen molar-refractivity contribution in [2.24, 2.45) is 0 Å². The van der Waals surface area contributed by atoms with Crippen LogP contribution in [0.4, 0.5) is 4.39 Å². The number of carbonyl (C=O) groups excluding carboxylic acids is 1. The number of quaternary nitrogens is 1. The standard InChI is InChI=1S/C19H21FN2O4S/c20-15-3-1-14(2-4-15)17-5-6-18(26-17)19(23)22-10-8-21(9-11-22)16-7-12-27(24,25)13-16/h1-6,16H,7-13H2/p+1/t16-/m1/s1. The summed E-state index contributed by atoms with van der Waals surface area (Å²) in [5.41, 5.74) is 0.715. The second kappa shape index (κ2) is 7.09. The second-order valence-electron chi connectivity index (χ2n) is 7.22. The first-order valence-corrected chi connectivity index (χ1v) is 10.9. The Kier molecular flexibility index (Phi) is 4.77. The SMILES string of the molecule is O=C(c1ccc(-c2ccc(F)cc2)o1)N1CC[NH+]([C@@H]2CCS(=O)(=O)C2)CC1. The molecule has 1 N–H and O–H groups in total. The minimum Gasteiger partial charge on any atom is -0.451 e. The number of hydrogen-bond acceptors (Lipinski definition) is 4. The van der Waals surface area contributed by atoms with Crippen molar-refractivity contribution in [1.82, 2.24) is 4.90 Å². The predicted molar refractivity (Wildman–Crippen MR) is 97.8 cm³/mol. The molecule has 2 fully saturated rings. The molecule has 3 heterocycles. The number of halogens is 1. The number of nitrogens with zero attached hydrogens (tertiary/aromatic N) is 1. The average molecular weight is 393 g/mol. The van der Waals surface area contributed by atoms with Gasteiger partial charge in [-0.15, -0.1) is 0 Å². The lowest BCUT2D eigenvalue weighted by Gasteiger charge is -2.34. The Bertz CT molecular complexity index is 931. The smallest absolute Gasteiger partial charge is 0.289 e. The molecule has 2 saturated heterocycles. The van der Waals surface area contributed by atoms with Gasteiger partial charge in [0.05, 0.1) is 31.9 Å². The van der Waals surface area contributed by atoms with Gasteiger partial charge in [0.15, 0.2) is 15.6 Å². The van der Waals surface area contributed by atoms with Crippen molar-refractivity contribution in [3.63, 3.8) is 0 Å². The lowest BCUT2D eigenvalue weighted by Crippen LogP contribution is -3.18. The van der Waals surface area contributed by atoms with Crippen LogP contribution in [0.1, 0.15) is 17.0 Å². The number of rotatable bonds is 3. The summed E-state index contributed by atoms with van der Waals surface area (Å²) in [6.07, 6.45) is 0.713. The Morgan fingerprint density at radius 1 is 1.11 bits per heavy atom. The van der Waals surface area contributed by atoms with E-state index < -0.39 is 9.84 Å². The summed E-state index contributed by atoms with van der Waals surface area (Å²) in [7, 11) is -2.88. The normalized spacial score (nSPS) is 22.9. The molecular weight excluding hydrogens is 371 g/mol. The Balaban J connectivity index is 1.38. The molecule has 1 amide bonds. The highest BCUT2D eigenvalue weighted by atomic mass is 32.2. The molecule has 0 spiro atoms. The Hall–Kier alpha value is -2.19. The van der Waals surface area contributed by atoms with Gasteiger partial charge < -0.3 is 14.2 Å². The molecule has 2 aliphatic heterocycles. The molecule has 2 aliphatic rings. The van der Waals surface area contributed by atoms with Gasteiger partial charge in [0.2, 0.25) is 0 Å². The van der Waals surface area contributed by atoms with Crippen molar-refractivity contribution in [3.05, 3.63) is 48.0 Å². The Morgan fingerprint density at radius 3 is 2.44 bits per heavy atom.